The molecule has 7 heteroatoms. The van der Waals surface area contributed by atoms with Crippen LogP contribution in [0.25, 0.3) is 33.4 Å². The third-order valence-corrected chi connectivity index (χ3v) is 6.57. The van der Waals surface area contributed by atoms with Crippen LogP contribution in [0.15, 0.2) is 46.3 Å². The first-order valence-electron chi connectivity index (χ1n) is 9.77. The van der Waals surface area contributed by atoms with Crippen molar-refractivity contribution < 1.29 is 9.90 Å². The number of aromatic amines is 1. The van der Waals surface area contributed by atoms with Crippen LogP contribution in [0.1, 0.15) is 42.7 Å². The lowest BCUT2D eigenvalue weighted by Crippen LogP contribution is -2.33. The van der Waals surface area contributed by atoms with Crippen molar-refractivity contribution in [2.75, 3.05) is 0 Å². The van der Waals surface area contributed by atoms with Crippen molar-refractivity contribution >= 4 is 28.2 Å². The van der Waals surface area contributed by atoms with Gasteiger partial charge in [-0.15, -0.1) is 11.3 Å². The maximum absolute atomic E-state index is 12.6. The van der Waals surface area contributed by atoms with Gasteiger partial charge in [0.05, 0.1) is 22.4 Å². The van der Waals surface area contributed by atoms with Crippen molar-refractivity contribution in [3.63, 3.8) is 0 Å². The molecule has 30 heavy (non-hydrogen) atoms. The number of aromatic nitrogens is 3. The number of rotatable bonds is 2. The Morgan fingerprint density at radius 2 is 2.10 bits per heavy atom. The second-order valence-electron chi connectivity index (χ2n) is 8.83. The maximum atomic E-state index is 12.6. The number of carboxylic acid groups (broad SMARTS) is 1. The summed E-state index contributed by atoms with van der Waals surface area (Å²) in [4.78, 5) is 32.1. The van der Waals surface area contributed by atoms with Gasteiger partial charge in [0.1, 0.15) is 5.56 Å². The summed E-state index contributed by atoms with van der Waals surface area (Å²) in [5.41, 5.74) is 6.78. The van der Waals surface area contributed by atoms with Gasteiger partial charge in [-0.1, -0.05) is 20.8 Å². The zero-order chi connectivity index (χ0) is 21.2. The van der Waals surface area contributed by atoms with Crippen LogP contribution in [-0.2, 0) is 6.42 Å². The monoisotopic (exact) mass is 419 g/mol. The number of H-pyrrole nitrogens is 1. The molecular weight excluding hydrogens is 398 g/mol. The average molecular weight is 420 g/mol. The standard InChI is InChI=1S/C23H21N3O3S/c1-23(2,3)20-7-15-14(18-8-19(27)16(22(28)29)9-26(18)20)6-13(17-10-30-11-25-17)12-4-5-24-21(12)15/h4-6,8-11,20,24H,7H2,1-3H3,(H,28,29). The molecule has 1 aromatic carbocycles. The van der Waals surface area contributed by atoms with Crippen LogP contribution in [0, 0.1) is 5.41 Å². The number of hydrogen-bond acceptors (Lipinski definition) is 4. The predicted octanol–water partition coefficient (Wildman–Crippen LogP) is 4.96. The lowest BCUT2D eigenvalue weighted by atomic mass is 9.78. The first kappa shape index (κ1) is 18.8. The number of fused-ring (bicyclic) bond motifs is 5. The summed E-state index contributed by atoms with van der Waals surface area (Å²) >= 11 is 1.54. The molecule has 1 unspecified atom stereocenters. The van der Waals surface area contributed by atoms with Crippen LogP contribution in [-0.4, -0.2) is 25.6 Å². The van der Waals surface area contributed by atoms with Crippen molar-refractivity contribution in [3.05, 3.63) is 62.8 Å². The van der Waals surface area contributed by atoms with Crippen molar-refractivity contribution in [1.82, 2.24) is 14.5 Å². The van der Waals surface area contributed by atoms with Crippen LogP contribution >= 0.6 is 11.3 Å². The number of aromatic carboxylic acids is 1. The van der Waals surface area contributed by atoms with Gasteiger partial charge in [0.25, 0.3) is 0 Å². The molecule has 4 heterocycles. The Morgan fingerprint density at radius 1 is 1.30 bits per heavy atom. The molecule has 152 valence electrons. The molecule has 1 aliphatic rings. The minimum atomic E-state index is -1.20. The third kappa shape index (κ3) is 2.73. The number of pyridine rings is 1. The smallest absolute Gasteiger partial charge is 0.341 e. The van der Waals surface area contributed by atoms with E-state index in [1.54, 1.807) is 5.51 Å². The van der Waals surface area contributed by atoms with Crippen LogP contribution in [0.5, 0.6) is 0 Å². The van der Waals surface area contributed by atoms with E-state index in [-0.39, 0.29) is 17.0 Å². The average Bonchev–Trinajstić information content (AvgIpc) is 3.37. The highest BCUT2D eigenvalue weighted by Gasteiger charge is 2.35. The topological polar surface area (TPSA) is 88.0 Å². The summed E-state index contributed by atoms with van der Waals surface area (Å²) in [5.74, 6) is -1.20. The zero-order valence-corrected chi connectivity index (χ0v) is 17.7. The highest BCUT2D eigenvalue weighted by atomic mass is 32.1. The van der Waals surface area contributed by atoms with E-state index in [4.69, 9.17) is 0 Å². The molecule has 6 nitrogen and oxygen atoms in total. The predicted molar refractivity (Wildman–Crippen MR) is 118 cm³/mol. The van der Waals surface area contributed by atoms with Crippen LogP contribution in [0.3, 0.4) is 0 Å². The molecule has 0 spiro atoms. The van der Waals surface area contributed by atoms with Crippen molar-refractivity contribution in [2.45, 2.75) is 33.2 Å². The van der Waals surface area contributed by atoms with E-state index in [1.807, 2.05) is 16.1 Å². The van der Waals surface area contributed by atoms with Crippen LogP contribution < -0.4 is 5.43 Å². The molecule has 0 bridgehead atoms. The Labute approximate surface area is 176 Å². The Kier molecular flexibility index (Phi) is 4.02. The van der Waals surface area contributed by atoms with E-state index < -0.39 is 11.4 Å². The number of benzene rings is 1. The molecule has 3 aromatic heterocycles. The molecule has 0 fully saturated rings. The molecule has 0 saturated carbocycles. The largest absolute Gasteiger partial charge is 0.477 e. The Bertz CT molecular complexity index is 1360. The van der Waals surface area contributed by atoms with Crippen molar-refractivity contribution in [2.24, 2.45) is 5.41 Å². The molecule has 1 atom stereocenters. The quantitative estimate of drug-likeness (QED) is 0.481. The summed E-state index contributed by atoms with van der Waals surface area (Å²) in [6, 6.07) is 5.63. The first-order chi connectivity index (χ1) is 14.3. The molecule has 1 aliphatic heterocycles. The normalized spacial score (nSPS) is 15.8. The molecule has 0 amide bonds. The summed E-state index contributed by atoms with van der Waals surface area (Å²) in [7, 11) is 0. The van der Waals surface area contributed by atoms with E-state index in [0.29, 0.717) is 0 Å². The third-order valence-electron chi connectivity index (χ3n) is 5.98. The van der Waals surface area contributed by atoms with Gasteiger partial charge in [-0.3, -0.25) is 4.79 Å². The number of carbonyl (C=O) groups is 1. The minimum Gasteiger partial charge on any atom is -0.477 e. The van der Waals surface area contributed by atoms with Gasteiger partial charge in [-0.2, -0.15) is 0 Å². The number of thiazole rings is 1. The van der Waals surface area contributed by atoms with Gasteiger partial charge in [-0.25, -0.2) is 9.78 Å². The number of nitrogens with zero attached hydrogens (tertiary/aromatic N) is 2. The molecule has 0 saturated heterocycles. The molecule has 0 radical (unpaired) electrons. The van der Waals surface area contributed by atoms with Crippen LogP contribution in [0.4, 0.5) is 0 Å². The van der Waals surface area contributed by atoms with E-state index in [1.165, 1.54) is 23.6 Å². The molecule has 4 aromatic rings. The second-order valence-corrected chi connectivity index (χ2v) is 9.54. The summed E-state index contributed by atoms with van der Waals surface area (Å²) in [5, 5.41) is 12.6. The first-order valence-corrected chi connectivity index (χ1v) is 10.7. The number of carboxylic acids is 1. The molecule has 2 N–H and O–H groups in total. The highest BCUT2D eigenvalue weighted by Crippen LogP contribution is 2.46. The summed E-state index contributed by atoms with van der Waals surface area (Å²) in [6.07, 6.45) is 4.19. The van der Waals surface area contributed by atoms with Gasteiger partial charge in [0.2, 0.25) is 0 Å². The SMILES string of the molecule is CC(C)(C)C1Cc2c(cc(-c3cscn3)c3cc[nH]c23)-c2cc(=O)c(C(=O)O)cn21. The van der Waals surface area contributed by atoms with Gasteiger partial charge in [-0.05, 0) is 29.5 Å². The van der Waals surface area contributed by atoms with Crippen LogP contribution in [0.2, 0.25) is 0 Å². The van der Waals surface area contributed by atoms with E-state index in [9.17, 15) is 14.7 Å². The van der Waals surface area contributed by atoms with Crippen molar-refractivity contribution in [1.29, 1.82) is 0 Å². The maximum Gasteiger partial charge on any atom is 0.341 e. The van der Waals surface area contributed by atoms with E-state index in [2.05, 4.69) is 42.9 Å². The minimum absolute atomic E-state index is 0.00956. The summed E-state index contributed by atoms with van der Waals surface area (Å²) < 4.78 is 1.98. The highest BCUT2D eigenvalue weighted by molar-refractivity contribution is 7.07. The fourth-order valence-electron chi connectivity index (χ4n) is 4.48. The van der Waals surface area contributed by atoms with Crippen molar-refractivity contribution in [3.8, 4) is 22.5 Å². The fourth-order valence-corrected chi connectivity index (χ4v) is 5.04. The van der Waals surface area contributed by atoms with Gasteiger partial charge in [0, 0.05) is 46.4 Å². The second kappa shape index (κ2) is 6.40. The lowest BCUT2D eigenvalue weighted by Gasteiger charge is -2.39. The lowest BCUT2D eigenvalue weighted by molar-refractivity contribution is 0.0693. The van der Waals surface area contributed by atoms with Gasteiger partial charge in [0.15, 0.2) is 5.43 Å². The molecule has 0 aliphatic carbocycles. The van der Waals surface area contributed by atoms with E-state index >= 15 is 0 Å². The number of nitrogens with one attached hydrogen (secondary N) is 1. The summed E-state index contributed by atoms with van der Waals surface area (Å²) in [6.45, 7) is 6.42. The van der Waals surface area contributed by atoms with E-state index in [0.717, 1.165) is 45.4 Å². The molecule has 5 rings (SSSR count). The van der Waals surface area contributed by atoms with Gasteiger partial charge < -0.3 is 14.7 Å². The molecular formula is C23H21N3O3S. The Hall–Kier alpha value is -3.19. The van der Waals surface area contributed by atoms with Gasteiger partial charge >= 0.3 is 5.97 Å². The fraction of sp³-hybridized carbons (Fsp3) is 0.261. The zero-order valence-electron chi connectivity index (χ0n) is 16.9. The Balaban J connectivity index is 1.88. The Morgan fingerprint density at radius 3 is 2.77 bits per heavy atom. The number of hydrogen-bond donors (Lipinski definition) is 2.